The molecule has 0 spiro atoms. The number of hydrogen-bond donors (Lipinski definition) is 8. The van der Waals surface area contributed by atoms with Gasteiger partial charge >= 0.3 is 68.3 Å². The van der Waals surface area contributed by atoms with Crippen molar-refractivity contribution in [1.29, 1.82) is 0 Å². The fourth-order valence-corrected chi connectivity index (χ4v) is 3.68. The van der Waals surface area contributed by atoms with Crippen molar-refractivity contribution >= 4 is 0 Å². The zero-order valence-corrected chi connectivity index (χ0v) is 54.1. The van der Waals surface area contributed by atoms with E-state index in [1.807, 2.05) is 0 Å². The summed E-state index contributed by atoms with van der Waals surface area (Å²) in [7, 11) is 6.18. The van der Waals surface area contributed by atoms with Crippen molar-refractivity contribution in [3.8, 4) is 0 Å². The van der Waals surface area contributed by atoms with Gasteiger partial charge in [0.2, 0.25) is 38.0 Å². The molecule has 5 aromatic carbocycles. The minimum atomic E-state index is -0.896. The molecule has 82 heavy (non-hydrogen) atoms. The summed E-state index contributed by atoms with van der Waals surface area (Å²) in [5.74, 6) is 0. The molecule has 0 bridgehead atoms. The van der Waals surface area contributed by atoms with E-state index >= 15 is 0 Å². The van der Waals surface area contributed by atoms with Crippen LogP contribution in [-0.4, -0.2) is 41.7 Å². The first-order valence-corrected chi connectivity index (χ1v) is 14.8. The maximum atomic E-state index is 11.1. The minimum Gasteiger partial charge on any atom is -0.446 e. The average Bonchev–Trinajstić information content (AvgIpc) is 3.23. The van der Waals surface area contributed by atoms with Crippen LogP contribution in [-0.2, 0) is 102 Å². The number of hydrogen-bond acceptors (Lipinski definition) is 28. The van der Waals surface area contributed by atoms with E-state index in [2.05, 4.69) is 65.3 Å². The zero-order chi connectivity index (χ0) is 45.7. The van der Waals surface area contributed by atoms with Crippen LogP contribution in [0.2, 0.25) is 0 Å². The Kier molecular flexibility index (Phi) is 133. The molecule has 0 aliphatic heterocycles. The summed E-state index contributed by atoms with van der Waals surface area (Å²) >= 11 is 0. The minimum absolute atomic E-state index is 0. The van der Waals surface area contributed by atoms with Gasteiger partial charge in [0.15, 0.2) is 48.4 Å². The molecule has 8 N–H and O–H groups in total. The van der Waals surface area contributed by atoms with E-state index in [4.69, 9.17) is 41.7 Å². The topological polar surface area (TPSA) is 456 Å². The van der Waals surface area contributed by atoms with Gasteiger partial charge in [0, 0.05) is 39.5 Å². The summed E-state index contributed by atoms with van der Waals surface area (Å²) in [5, 5.41) is 82.4. The average molecular weight is 1410 g/mol. The molecule has 0 atom stereocenters. The first-order valence-electron chi connectivity index (χ1n) is 14.8. The summed E-state index contributed by atoms with van der Waals surface area (Å²) in [6, 6.07) is 10.6. The zero-order valence-electron chi connectivity index (χ0n) is 47.4. The normalized spacial score (nSPS) is 10.0. The number of rotatable bonds is 0. The Morgan fingerprint density at radius 1 is 0.232 bits per heavy atom. The molecule has 0 fully saturated rings. The number of benzene rings is 5. The molecule has 0 aliphatic carbocycles. The van der Waals surface area contributed by atoms with E-state index < -0.39 is 75.7 Å². The third kappa shape index (κ3) is 39.7. The van der Waals surface area contributed by atoms with E-state index in [0.717, 1.165) is 54.6 Å². The van der Waals surface area contributed by atoms with Gasteiger partial charge in [-0.3, -0.25) is 33.6 Å². The van der Waals surface area contributed by atoms with Crippen molar-refractivity contribution in [2.24, 2.45) is 51.2 Å². The molecule has 0 aliphatic rings. The van der Waals surface area contributed by atoms with E-state index in [-0.39, 0.29) is 253 Å². The van der Waals surface area contributed by atoms with Crippen LogP contribution >= 0.6 is 0 Å². The van der Waals surface area contributed by atoms with Gasteiger partial charge in [0.1, 0.15) is 10.8 Å². The molecule has 0 aromatic heterocycles. The van der Waals surface area contributed by atoms with Gasteiger partial charge in [-0.05, 0) is 60.0 Å². The van der Waals surface area contributed by atoms with Gasteiger partial charge in [-0.2, -0.15) is 14.1 Å². The Hall–Kier alpha value is -6.64. The first-order chi connectivity index (χ1) is 28.5. The molecule has 34 heteroatoms. The summed E-state index contributed by atoms with van der Waals surface area (Å²) in [6.45, 7) is 0. The van der Waals surface area contributed by atoms with Crippen molar-refractivity contribution in [1.82, 2.24) is 0 Å². The van der Waals surface area contributed by atoms with Crippen LogP contribution < -0.4 is 108 Å². The van der Waals surface area contributed by atoms with Crippen molar-refractivity contribution in [3.05, 3.63) is 349 Å². The van der Waals surface area contributed by atoms with Gasteiger partial charge in [-0.25, -0.2) is 0 Å². The number of nitrogens with zero attached hydrogens (tertiary/aromatic N) is 10. The molecular formula is C48H70Fe6N10O18-2. The van der Waals surface area contributed by atoms with Crippen LogP contribution in [0.25, 0.3) is 0 Å². The quantitative estimate of drug-likeness (QED) is 0.0339. The maximum absolute atomic E-state index is 11.1. The van der Waals surface area contributed by atoms with Crippen LogP contribution in [0.15, 0.2) is 160 Å². The molecule has 0 radical (unpaired) electrons. The van der Waals surface area contributed by atoms with Gasteiger partial charge in [-0.15, -0.1) is 6.07 Å². The summed E-state index contributed by atoms with van der Waals surface area (Å²) in [6.07, 6.45) is 0. The van der Waals surface area contributed by atoms with E-state index in [1.54, 1.807) is 0 Å². The van der Waals surface area contributed by atoms with Crippen LogP contribution in [0.3, 0.4) is 0 Å². The van der Waals surface area contributed by atoms with Gasteiger partial charge < -0.3 is 185 Å². The fraction of sp³-hybridized carbons (Fsp3) is 0. The van der Waals surface area contributed by atoms with Crippen LogP contribution in [0.5, 0.6) is 0 Å². The van der Waals surface area contributed by atoms with Gasteiger partial charge in [0.25, 0.3) is 0 Å². The monoisotopic (exact) mass is 1410 g/mol. The van der Waals surface area contributed by atoms with Crippen LogP contribution in [0.4, 0.5) is 0 Å². The standard InChI is InChI=1S/2C7H5N2O3.3C6H4N2O4.16CH3.6Fe/c1-8-6-5(10)3-2-4(9-12)7(6)11;1-8-4-2-3-5(10)6(9-12)7(4)11;3*9-4-2-1-3(7-11)6(10)5(4)8-12;;;;;;;;;;;;;;;;;;;;;;/h2*2-3,12H,1H2;3*1-2,11-12H;16*1H3;;;;;;/q2*-1;;;;16*-1;;;4*+4. The summed E-state index contributed by atoms with van der Waals surface area (Å²) < 4.78 is 0. The molecule has 5 rings (SSSR count). The molecule has 0 unspecified atom stereocenters. The SMILES string of the molecule is O=c1ccc(=NO)c(=O)c1=NO.O=c1ccc(=NO)c(=O)c1=NO.O=c1ccc(=NO)c(=O)c1=NO.[CH2-]N=c1c(=O)ccc(=NO)c1=O.[CH2-]N=c1ccc(=O)c(=NO)c1=O.[CH3-].[CH3-].[CH3-].[CH3-].[CH3-].[CH3-].[CH3-].[CH3-].[CH3-].[CH3-].[CH3-].[CH3-].[CH3-].[CH3-].[CH3-].[CH3-].[Fe+4].[Fe+4].[Fe+4].[Fe+4].[Fe].[Fe]. The van der Waals surface area contributed by atoms with E-state index in [0.29, 0.717) is 0 Å². The molecular weight excluding hydrogens is 1340 g/mol. The van der Waals surface area contributed by atoms with Crippen LogP contribution in [0, 0.1) is 133 Å². The molecule has 28 nitrogen and oxygen atoms in total. The molecule has 0 saturated heterocycles. The molecule has 0 amide bonds. The Morgan fingerprint density at radius 3 is 0.524 bits per heavy atom. The summed E-state index contributed by atoms with van der Waals surface area (Å²) in [5.41, 5.74) is -7.40. The van der Waals surface area contributed by atoms with E-state index in [9.17, 15) is 47.9 Å². The van der Waals surface area contributed by atoms with Crippen molar-refractivity contribution in [3.63, 3.8) is 0 Å². The van der Waals surface area contributed by atoms with Crippen molar-refractivity contribution < 1.29 is 144 Å². The third-order valence-corrected chi connectivity index (χ3v) is 6.53. The smallest absolute Gasteiger partial charge is 0.446 e. The maximum Gasteiger partial charge on any atom is 4.00 e. The second-order valence-electron chi connectivity index (χ2n) is 9.92. The molecule has 0 saturated carbocycles. The second-order valence-corrected chi connectivity index (χ2v) is 9.92. The van der Waals surface area contributed by atoms with Crippen LogP contribution in [0.1, 0.15) is 0 Å². The third-order valence-electron chi connectivity index (χ3n) is 6.53. The second kappa shape index (κ2) is 74.4. The van der Waals surface area contributed by atoms with Gasteiger partial charge in [-0.1, -0.05) is 41.2 Å². The predicted octanol–water partition coefficient (Wildman–Crippen LogP) is -2.69. The molecule has 5 aromatic rings. The Morgan fingerprint density at radius 2 is 0.378 bits per heavy atom. The van der Waals surface area contributed by atoms with Gasteiger partial charge in [0.05, 0.1) is 0 Å². The Bertz CT molecular complexity index is 3070. The predicted molar refractivity (Wildman–Crippen MR) is 290 cm³/mol. The Balaban J connectivity index is -0.0000000257. The largest absolute Gasteiger partial charge is 4.00 e. The van der Waals surface area contributed by atoms with E-state index in [1.165, 1.54) is 6.07 Å². The van der Waals surface area contributed by atoms with Crippen molar-refractivity contribution in [2.75, 3.05) is 0 Å². The Labute approximate surface area is 540 Å². The molecule has 0 heterocycles. The molecule has 470 valence electrons. The first kappa shape index (κ1) is 146. The summed E-state index contributed by atoms with van der Waals surface area (Å²) in [4.78, 5) is 116. The fourth-order valence-electron chi connectivity index (χ4n) is 3.68. The van der Waals surface area contributed by atoms with Crippen molar-refractivity contribution in [2.45, 2.75) is 0 Å².